The van der Waals surface area contributed by atoms with E-state index in [-0.39, 0.29) is 11.9 Å². The van der Waals surface area contributed by atoms with Gasteiger partial charge in [0.05, 0.1) is 24.6 Å². The minimum Gasteiger partial charge on any atom is -0.364 e. The first-order chi connectivity index (χ1) is 17.6. The molecule has 0 unspecified atom stereocenters. The van der Waals surface area contributed by atoms with Gasteiger partial charge >= 0.3 is 0 Å². The van der Waals surface area contributed by atoms with Crippen LogP contribution < -0.4 is 4.90 Å². The first-order valence-corrected chi connectivity index (χ1v) is 12.5. The van der Waals surface area contributed by atoms with Crippen molar-refractivity contribution in [2.24, 2.45) is 0 Å². The third-order valence-electron chi connectivity index (χ3n) is 6.94. The molecule has 0 saturated heterocycles. The maximum absolute atomic E-state index is 13.9. The van der Waals surface area contributed by atoms with Crippen LogP contribution in [-0.2, 0) is 24.3 Å². The zero-order valence-corrected chi connectivity index (χ0v) is 21.0. The lowest BCUT2D eigenvalue weighted by Gasteiger charge is -2.30. The Morgan fingerprint density at radius 1 is 0.972 bits per heavy atom. The first-order valence-electron chi connectivity index (χ1n) is 12.5. The predicted molar refractivity (Wildman–Crippen MR) is 145 cm³/mol. The number of likely N-dealkylation sites (N-methyl/N-ethyl adjacent to an activating group) is 1. The number of benzene rings is 3. The highest BCUT2D eigenvalue weighted by atomic mass is 16.2. The van der Waals surface area contributed by atoms with Gasteiger partial charge in [-0.1, -0.05) is 66.7 Å². The number of rotatable bonds is 7. The summed E-state index contributed by atoms with van der Waals surface area (Å²) >= 11 is 0. The molecule has 1 aromatic heterocycles. The van der Waals surface area contributed by atoms with E-state index in [9.17, 15) is 4.79 Å². The molecule has 6 heteroatoms. The lowest BCUT2D eigenvalue weighted by atomic mass is 10.0. The van der Waals surface area contributed by atoms with Crippen LogP contribution >= 0.6 is 0 Å². The van der Waals surface area contributed by atoms with Gasteiger partial charge in [0.1, 0.15) is 0 Å². The molecule has 1 N–H and O–H groups in total. The Hall–Kier alpha value is -3.90. The molecule has 2 heterocycles. The molecular weight excluding hydrogens is 446 g/mol. The molecule has 184 valence electrons. The van der Waals surface area contributed by atoms with Crippen LogP contribution in [0.3, 0.4) is 0 Å². The van der Waals surface area contributed by atoms with E-state index in [2.05, 4.69) is 69.5 Å². The van der Waals surface area contributed by atoms with Gasteiger partial charge in [-0.05, 0) is 54.9 Å². The van der Waals surface area contributed by atoms with Gasteiger partial charge in [-0.15, -0.1) is 0 Å². The summed E-state index contributed by atoms with van der Waals surface area (Å²) in [5.41, 5.74) is 6.91. The number of hydrogen-bond acceptors (Lipinski definition) is 4. The quantitative estimate of drug-likeness (QED) is 0.421. The molecule has 1 aliphatic rings. The predicted octanol–water partition coefficient (Wildman–Crippen LogP) is 4.60. The van der Waals surface area contributed by atoms with E-state index in [0.29, 0.717) is 19.5 Å². The lowest BCUT2D eigenvalue weighted by molar-refractivity contribution is -0.136. The number of aromatic nitrogens is 2. The molecule has 5 rings (SSSR count). The number of fused-ring (bicyclic) bond motifs is 1. The van der Waals surface area contributed by atoms with E-state index in [1.54, 1.807) is 6.33 Å². The molecule has 36 heavy (non-hydrogen) atoms. The number of H-pyrrole nitrogens is 1. The van der Waals surface area contributed by atoms with Crippen molar-refractivity contribution in [1.29, 1.82) is 0 Å². The Balaban J connectivity index is 1.46. The van der Waals surface area contributed by atoms with Crippen molar-refractivity contribution >= 4 is 11.6 Å². The van der Waals surface area contributed by atoms with Gasteiger partial charge in [-0.3, -0.25) is 9.69 Å². The van der Waals surface area contributed by atoms with Crippen LogP contribution in [0.1, 0.15) is 16.8 Å². The highest BCUT2D eigenvalue weighted by molar-refractivity contribution is 5.83. The Morgan fingerprint density at radius 3 is 2.42 bits per heavy atom. The van der Waals surface area contributed by atoms with Crippen LogP contribution in [0.15, 0.2) is 91.4 Å². The summed E-state index contributed by atoms with van der Waals surface area (Å²) in [6, 6.07) is 27.1. The second-order valence-corrected chi connectivity index (χ2v) is 9.64. The fraction of sp³-hybridized carbons (Fsp3) is 0.267. The lowest BCUT2D eigenvalue weighted by Crippen LogP contribution is -2.48. The summed E-state index contributed by atoms with van der Waals surface area (Å²) in [6.45, 7) is 2.74. The zero-order chi connectivity index (χ0) is 24.9. The smallest absolute Gasteiger partial charge is 0.240 e. The molecule has 0 fully saturated rings. The summed E-state index contributed by atoms with van der Waals surface area (Å²) in [7, 11) is 3.99. The number of aromatic amines is 1. The molecule has 3 aromatic carbocycles. The molecule has 4 aromatic rings. The molecule has 0 saturated carbocycles. The molecule has 0 bridgehead atoms. The van der Waals surface area contributed by atoms with Gasteiger partial charge < -0.3 is 14.8 Å². The summed E-state index contributed by atoms with van der Waals surface area (Å²) in [4.78, 5) is 27.8. The second-order valence-electron chi connectivity index (χ2n) is 9.64. The monoisotopic (exact) mass is 479 g/mol. The molecule has 6 nitrogen and oxygen atoms in total. The van der Waals surface area contributed by atoms with E-state index >= 15 is 0 Å². The Labute approximate surface area is 213 Å². The molecule has 1 aliphatic heterocycles. The van der Waals surface area contributed by atoms with Gasteiger partial charge in [-0.2, -0.15) is 0 Å². The fourth-order valence-corrected chi connectivity index (χ4v) is 4.95. The number of carbonyl (C=O) groups is 1. The van der Waals surface area contributed by atoms with Gasteiger partial charge in [0.15, 0.2) is 0 Å². The topological polar surface area (TPSA) is 55.5 Å². The Bertz CT molecular complexity index is 1270. The number of hydrogen-bond donors (Lipinski definition) is 1. The highest BCUT2D eigenvalue weighted by Crippen LogP contribution is 2.31. The highest BCUT2D eigenvalue weighted by Gasteiger charge is 2.30. The largest absolute Gasteiger partial charge is 0.364 e. The standard InChI is InChI=1S/C30H33N5O/c1-33(2)29(17-23-9-5-3-6-10-23)30(36)35-16-15-34(21-27-19-31-22-32-27)28-14-13-25(18-26(28)20-35)24-11-7-4-8-12-24/h3-14,18-19,22,29H,15-17,20-21H2,1-2H3,(H,31,32)/t29-/m0/s1. The first kappa shape index (κ1) is 23.8. The number of amides is 1. The van der Waals surface area contributed by atoms with Crippen molar-refractivity contribution in [3.05, 3.63) is 108 Å². The molecule has 0 spiro atoms. The molecule has 0 radical (unpaired) electrons. The number of carbonyl (C=O) groups excluding carboxylic acids is 1. The third kappa shape index (κ3) is 5.34. The van der Waals surface area contributed by atoms with Crippen molar-refractivity contribution in [1.82, 2.24) is 19.8 Å². The van der Waals surface area contributed by atoms with Crippen LogP contribution in [0.2, 0.25) is 0 Å². The van der Waals surface area contributed by atoms with E-state index in [1.807, 2.05) is 54.4 Å². The van der Waals surface area contributed by atoms with Crippen LogP contribution in [-0.4, -0.2) is 58.9 Å². The van der Waals surface area contributed by atoms with Crippen LogP contribution in [0.4, 0.5) is 5.69 Å². The van der Waals surface area contributed by atoms with Crippen LogP contribution in [0.25, 0.3) is 11.1 Å². The van der Waals surface area contributed by atoms with Crippen molar-refractivity contribution < 1.29 is 4.79 Å². The molecule has 1 amide bonds. The van der Waals surface area contributed by atoms with E-state index in [4.69, 9.17) is 0 Å². The Morgan fingerprint density at radius 2 is 1.72 bits per heavy atom. The number of nitrogens with zero attached hydrogens (tertiary/aromatic N) is 4. The minimum absolute atomic E-state index is 0.170. The van der Waals surface area contributed by atoms with Gasteiger partial charge in [0.25, 0.3) is 0 Å². The zero-order valence-electron chi connectivity index (χ0n) is 21.0. The summed E-state index contributed by atoms with van der Waals surface area (Å²) < 4.78 is 0. The summed E-state index contributed by atoms with van der Waals surface area (Å²) in [5, 5.41) is 0. The second kappa shape index (κ2) is 10.8. The number of anilines is 1. The molecular formula is C30H33N5O. The average Bonchev–Trinajstić information content (AvgIpc) is 3.35. The van der Waals surface area contributed by atoms with Crippen molar-refractivity contribution in [2.75, 3.05) is 32.1 Å². The van der Waals surface area contributed by atoms with Gasteiger partial charge in [-0.25, -0.2) is 4.98 Å². The molecule has 1 atom stereocenters. The van der Waals surface area contributed by atoms with Crippen molar-refractivity contribution in [3.63, 3.8) is 0 Å². The van der Waals surface area contributed by atoms with Crippen molar-refractivity contribution in [3.8, 4) is 11.1 Å². The number of imidazole rings is 1. The minimum atomic E-state index is -0.215. The SMILES string of the molecule is CN(C)[C@@H](Cc1ccccc1)C(=O)N1CCN(Cc2cnc[nH]2)c2ccc(-c3ccccc3)cc2C1. The number of nitrogens with one attached hydrogen (secondary N) is 1. The third-order valence-corrected chi connectivity index (χ3v) is 6.94. The maximum atomic E-state index is 13.9. The Kier molecular flexibility index (Phi) is 7.14. The maximum Gasteiger partial charge on any atom is 0.240 e. The fourth-order valence-electron chi connectivity index (χ4n) is 4.95. The van der Waals surface area contributed by atoms with E-state index < -0.39 is 0 Å². The van der Waals surface area contributed by atoms with Crippen LogP contribution in [0, 0.1) is 0 Å². The van der Waals surface area contributed by atoms with E-state index in [1.165, 1.54) is 27.9 Å². The normalized spacial score (nSPS) is 14.4. The van der Waals surface area contributed by atoms with Crippen molar-refractivity contribution in [2.45, 2.75) is 25.6 Å². The van der Waals surface area contributed by atoms with Gasteiger partial charge in [0, 0.05) is 31.5 Å². The van der Waals surface area contributed by atoms with E-state index in [0.717, 1.165) is 18.8 Å². The molecule has 0 aliphatic carbocycles. The van der Waals surface area contributed by atoms with Crippen LogP contribution in [0.5, 0.6) is 0 Å². The van der Waals surface area contributed by atoms with Gasteiger partial charge in [0.2, 0.25) is 5.91 Å². The summed E-state index contributed by atoms with van der Waals surface area (Å²) in [5.74, 6) is 0.170. The average molecular weight is 480 g/mol. The summed E-state index contributed by atoms with van der Waals surface area (Å²) in [6.07, 6.45) is 4.28.